The zero-order chi connectivity index (χ0) is 18.7. The molecule has 0 bridgehead atoms. The number of piperazine rings is 1. The molecular weight excluding hydrogens is 354 g/mol. The molecule has 1 amide bonds. The third kappa shape index (κ3) is 4.19. The smallest absolute Gasteiger partial charge is 0.242 e. The van der Waals surface area contributed by atoms with Gasteiger partial charge in [-0.25, -0.2) is 8.42 Å². The molecular formula is C18H27N3O4S. The summed E-state index contributed by atoms with van der Waals surface area (Å²) >= 11 is 0. The number of nitrogens with zero attached hydrogens (tertiary/aromatic N) is 3. The van der Waals surface area contributed by atoms with Crippen molar-refractivity contribution in [3.05, 3.63) is 30.3 Å². The van der Waals surface area contributed by atoms with Crippen molar-refractivity contribution < 1.29 is 17.9 Å². The van der Waals surface area contributed by atoms with Gasteiger partial charge in [-0.3, -0.25) is 9.69 Å². The van der Waals surface area contributed by atoms with E-state index in [0.29, 0.717) is 26.2 Å². The van der Waals surface area contributed by atoms with E-state index in [1.54, 1.807) is 12.0 Å². The van der Waals surface area contributed by atoms with Crippen LogP contribution in [0.25, 0.3) is 0 Å². The number of para-hydroxylation sites is 1. The first-order valence-corrected chi connectivity index (χ1v) is 10.7. The number of fused-ring (bicyclic) bond motifs is 1. The first kappa shape index (κ1) is 19.1. The highest BCUT2D eigenvalue weighted by Crippen LogP contribution is 2.27. The molecule has 2 fully saturated rings. The summed E-state index contributed by atoms with van der Waals surface area (Å²) in [6, 6.07) is 9.33. The molecule has 2 atom stereocenters. The number of ether oxygens (including phenoxy) is 1. The second-order valence-electron chi connectivity index (χ2n) is 7.02. The van der Waals surface area contributed by atoms with Gasteiger partial charge in [-0.1, -0.05) is 18.2 Å². The van der Waals surface area contributed by atoms with E-state index < -0.39 is 9.84 Å². The van der Waals surface area contributed by atoms with E-state index in [1.807, 2.05) is 42.3 Å². The minimum atomic E-state index is -3.12. The van der Waals surface area contributed by atoms with Gasteiger partial charge in [0, 0.05) is 45.5 Å². The second kappa shape index (κ2) is 7.94. The number of hydrogen-bond donors (Lipinski definition) is 0. The summed E-state index contributed by atoms with van der Waals surface area (Å²) in [6.45, 7) is 2.74. The van der Waals surface area contributed by atoms with Gasteiger partial charge in [0.2, 0.25) is 5.91 Å². The molecule has 2 heterocycles. The summed E-state index contributed by atoms with van der Waals surface area (Å²) in [5.41, 5.74) is 0.968. The summed E-state index contributed by atoms with van der Waals surface area (Å²) in [5, 5.41) is 0. The van der Waals surface area contributed by atoms with E-state index in [1.165, 1.54) is 0 Å². The quantitative estimate of drug-likeness (QED) is 0.695. The predicted octanol–water partition coefficient (Wildman–Crippen LogP) is 0.0790. The monoisotopic (exact) mass is 381 g/mol. The molecule has 0 aromatic heterocycles. The third-order valence-corrected chi connectivity index (χ3v) is 6.96. The maximum absolute atomic E-state index is 12.9. The van der Waals surface area contributed by atoms with Gasteiger partial charge in [-0.15, -0.1) is 0 Å². The average Bonchev–Trinajstić information content (AvgIpc) is 2.95. The standard InChI is InChI=1S/C18H27N3O4S/c1-19(15-6-4-3-5-7-15)12-18(22)21-9-8-20(10-11-25-2)16-13-26(23,24)14-17(16)21/h3-7,16-17H,8-14H2,1-2H3/t16-,17+/m1/s1. The first-order chi connectivity index (χ1) is 12.4. The summed E-state index contributed by atoms with van der Waals surface area (Å²) in [5.74, 6) is 0.164. The fraction of sp³-hybridized carbons (Fsp3) is 0.611. The molecule has 0 saturated carbocycles. The number of carbonyl (C=O) groups is 1. The molecule has 3 rings (SSSR count). The summed E-state index contributed by atoms with van der Waals surface area (Å²) in [7, 11) is 0.397. The second-order valence-corrected chi connectivity index (χ2v) is 9.17. The predicted molar refractivity (Wildman–Crippen MR) is 101 cm³/mol. The zero-order valence-corrected chi connectivity index (χ0v) is 16.2. The van der Waals surface area contributed by atoms with Crippen molar-refractivity contribution in [2.45, 2.75) is 12.1 Å². The Labute approximate surface area is 155 Å². The van der Waals surface area contributed by atoms with Crippen molar-refractivity contribution in [1.82, 2.24) is 9.80 Å². The number of likely N-dealkylation sites (N-methyl/N-ethyl adjacent to an activating group) is 1. The van der Waals surface area contributed by atoms with E-state index in [4.69, 9.17) is 4.74 Å². The summed E-state index contributed by atoms with van der Waals surface area (Å²) < 4.78 is 29.6. The van der Waals surface area contributed by atoms with Crippen molar-refractivity contribution in [3.63, 3.8) is 0 Å². The topological polar surface area (TPSA) is 70.2 Å². The van der Waals surface area contributed by atoms with Gasteiger partial charge < -0.3 is 14.5 Å². The van der Waals surface area contributed by atoms with Crippen LogP contribution in [0, 0.1) is 0 Å². The van der Waals surface area contributed by atoms with Gasteiger partial charge in [-0.05, 0) is 12.1 Å². The molecule has 0 N–H and O–H groups in total. The third-order valence-electron chi connectivity index (χ3n) is 5.26. The number of amides is 1. The van der Waals surface area contributed by atoms with Crippen LogP contribution in [-0.4, -0.2) is 94.7 Å². The highest BCUT2D eigenvalue weighted by Gasteiger charge is 2.47. The Morgan fingerprint density at radius 1 is 1.19 bits per heavy atom. The normalized spacial score (nSPS) is 25.1. The van der Waals surface area contributed by atoms with E-state index >= 15 is 0 Å². The van der Waals surface area contributed by atoms with Crippen molar-refractivity contribution in [2.75, 3.05) is 63.3 Å². The lowest BCUT2D eigenvalue weighted by Gasteiger charge is -2.44. The molecule has 1 aromatic rings. The van der Waals surface area contributed by atoms with Crippen LogP contribution in [0.15, 0.2) is 30.3 Å². The lowest BCUT2D eigenvalue weighted by molar-refractivity contribution is -0.135. The Morgan fingerprint density at radius 3 is 2.58 bits per heavy atom. The molecule has 2 aliphatic heterocycles. The van der Waals surface area contributed by atoms with Crippen molar-refractivity contribution in [3.8, 4) is 0 Å². The fourth-order valence-electron chi connectivity index (χ4n) is 3.89. The molecule has 1 aromatic carbocycles. The minimum absolute atomic E-state index is 0.0187. The van der Waals surface area contributed by atoms with Crippen LogP contribution >= 0.6 is 0 Å². The number of rotatable bonds is 6. The number of benzene rings is 1. The van der Waals surface area contributed by atoms with Crippen LogP contribution < -0.4 is 4.90 Å². The average molecular weight is 381 g/mol. The minimum Gasteiger partial charge on any atom is -0.383 e. The van der Waals surface area contributed by atoms with Crippen LogP contribution in [-0.2, 0) is 19.4 Å². The highest BCUT2D eigenvalue weighted by atomic mass is 32.2. The molecule has 0 aliphatic carbocycles. The number of sulfone groups is 1. The van der Waals surface area contributed by atoms with Crippen molar-refractivity contribution in [2.24, 2.45) is 0 Å². The van der Waals surface area contributed by atoms with Gasteiger partial charge in [-0.2, -0.15) is 0 Å². The van der Waals surface area contributed by atoms with Crippen LogP contribution in [0.2, 0.25) is 0 Å². The SMILES string of the molecule is COCCN1CCN(C(=O)CN(C)c2ccccc2)[C@H]2CS(=O)(=O)C[C@H]21. The molecule has 26 heavy (non-hydrogen) atoms. The van der Waals surface area contributed by atoms with E-state index in [9.17, 15) is 13.2 Å². The first-order valence-electron chi connectivity index (χ1n) is 8.90. The highest BCUT2D eigenvalue weighted by molar-refractivity contribution is 7.91. The summed E-state index contributed by atoms with van der Waals surface area (Å²) in [4.78, 5) is 18.7. The van der Waals surface area contributed by atoms with Gasteiger partial charge in [0.1, 0.15) is 0 Å². The number of methoxy groups -OCH3 is 1. The molecule has 7 nitrogen and oxygen atoms in total. The number of carbonyl (C=O) groups excluding carboxylic acids is 1. The van der Waals surface area contributed by atoms with Gasteiger partial charge in [0.25, 0.3) is 0 Å². The molecule has 0 radical (unpaired) electrons. The van der Waals surface area contributed by atoms with Gasteiger partial charge in [0.15, 0.2) is 9.84 Å². The molecule has 0 spiro atoms. The largest absolute Gasteiger partial charge is 0.383 e. The Morgan fingerprint density at radius 2 is 1.88 bits per heavy atom. The number of hydrogen-bond acceptors (Lipinski definition) is 6. The van der Waals surface area contributed by atoms with E-state index in [-0.39, 0.29) is 36.0 Å². The molecule has 2 saturated heterocycles. The maximum Gasteiger partial charge on any atom is 0.242 e. The zero-order valence-electron chi connectivity index (χ0n) is 15.4. The lowest BCUT2D eigenvalue weighted by Crippen LogP contribution is -2.62. The summed E-state index contributed by atoms with van der Waals surface area (Å²) in [6.07, 6.45) is 0. The molecule has 2 aliphatic rings. The van der Waals surface area contributed by atoms with Crippen molar-refractivity contribution >= 4 is 21.4 Å². The van der Waals surface area contributed by atoms with E-state index in [0.717, 1.165) is 5.69 Å². The van der Waals surface area contributed by atoms with E-state index in [2.05, 4.69) is 4.90 Å². The molecule has 8 heteroatoms. The molecule has 0 unspecified atom stereocenters. The van der Waals surface area contributed by atoms with Gasteiger partial charge in [0.05, 0.1) is 30.7 Å². The Balaban J connectivity index is 1.70. The van der Waals surface area contributed by atoms with Crippen LogP contribution in [0.3, 0.4) is 0 Å². The van der Waals surface area contributed by atoms with Crippen LogP contribution in [0.5, 0.6) is 0 Å². The Hall–Kier alpha value is -1.64. The number of anilines is 1. The fourth-order valence-corrected chi connectivity index (χ4v) is 5.90. The Kier molecular flexibility index (Phi) is 5.84. The van der Waals surface area contributed by atoms with Crippen LogP contribution in [0.4, 0.5) is 5.69 Å². The Bertz CT molecular complexity index is 725. The van der Waals surface area contributed by atoms with Crippen LogP contribution in [0.1, 0.15) is 0 Å². The molecule has 144 valence electrons. The van der Waals surface area contributed by atoms with Crippen molar-refractivity contribution in [1.29, 1.82) is 0 Å². The lowest BCUT2D eigenvalue weighted by atomic mass is 10.0. The van der Waals surface area contributed by atoms with Gasteiger partial charge >= 0.3 is 0 Å². The maximum atomic E-state index is 12.9.